The van der Waals surface area contributed by atoms with Crippen LogP contribution in [0.25, 0.3) is 0 Å². The number of rotatable bonds is 4. The van der Waals surface area contributed by atoms with Crippen LogP contribution in [0.2, 0.25) is 0 Å². The molecule has 0 saturated carbocycles. The topological polar surface area (TPSA) is 53.2 Å². The molecule has 98 valence electrons. The monoisotopic (exact) mass is 290 g/mol. The predicted molar refractivity (Wildman–Crippen MR) is 81.6 cm³/mol. The lowest BCUT2D eigenvalue weighted by Gasteiger charge is -2.15. The van der Waals surface area contributed by atoms with Gasteiger partial charge in [-0.25, -0.2) is 4.99 Å². The number of nitriles is 1. The van der Waals surface area contributed by atoms with Crippen molar-refractivity contribution in [1.29, 1.82) is 5.26 Å². The molecule has 0 unspecified atom stereocenters. The Morgan fingerprint density at radius 3 is 3.16 bits per heavy atom. The van der Waals surface area contributed by atoms with Crippen LogP contribution in [0.1, 0.15) is 30.1 Å². The number of carbonyl (C=O) groups is 1. The minimum atomic E-state index is 0.0665. The Bertz CT molecular complexity index is 561. The van der Waals surface area contributed by atoms with Crippen LogP contribution < -0.4 is 0 Å². The summed E-state index contributed by atoms with van der Waals surface area (Å²) in [7, 11) is 0. The second-order valence-electron chi connectivity index (χ2n) is 4.14. The molecule has 5 heteroatoms. The van der Waals surface area contributed by atoms with Gasteiger partial charge < -0.3 is 0 Å². The minimum absolute atomic E-state index is 0.0665. The van der Waals surface area contributed by atoms with E-state index < -0.39 is 0 Å². The maximum absolute atomic E-state index is 11.4. The molecule has 0 spiro atoms. The van der Waals surface area contributed by atoms with E-state index in [1.807, 2.05) is 18.2 Å². The zero-order valence-electron chi connectivity index (χ0n) is 10.7. The van der Waals surface area contributed by atoms with E-state index in [0.29, 0.717) is 12.0 Å². The third-order valence-corrected chi connectivity index (χ3v) is 4.98. The van der Waals surface area contributed by atoms with E-state index in [4.69, 9.17) is 5.26 Å². The Balaban J connectivity index is 2.08. The van der Waals surface area contributed by atoms with Crippen molar-refractivity contribution in [2.24, 2.45) is 4.99 Å². The summed E-state index contributed by atoms with van der Waals surface area (Å²) >= 11 is 3.46. The molecule has 1 heterocycles. The summed E-state index contributed by atoms with van der Waals surface area (Å²) in [6, 6.07) is 7.83. The van der Waals surface area contributed by atoms with Gasteiger partial charge in [-0.2, -0.15) is 5.26 Å². The summed E-state index contributed by atoms with van der Waals surface area (Å²) < 4.78 is 0. The molecule has 0 aromatic heterocycles. The standard InChI is InChI=1S/C14H14N2OS2/c1-10(17)11-4-5-13-12(8-11)16-14(9-19-13)18-7-3-2-6-15/h4-5,8H,2-3,7,9H2,1H3. The molecular formula is C14H14N2OS2. The highest BCUT2D eigenvalue weighted by atomic mass is 32.2. The van der Waals surface area contributed by atoms with Gasteiger partial charge in [0.25, 0.3) is 0 Å². The lowest BCUT2D eigenvalue weighted by atomic mass is 10.1. The Morgan fingerprint density at radius 2 is 2.42 bits per heavy atom. The van der Waals surface area contributed by atoms with Crippen molar-refractivity contribution in [1.82, 2.24) is 0 Å². The molecule has 1 aliphatic rings. The van der Waals surface area contributed by atoms with Gasteiger partial charge in [-0.15, -0.1) is 23.5 Å². The minimum Gasteiger partial charge on any atom is -0.295 e. The molecule has 0 atom stereocenters. The summed E-state index contributed by atoms with van der Waals surface area (Å²) in [4.78, 5) is 17.1. The average Bonchev–Trinajstić information content (AvgIpc) is 2.42. The van der Waals surface area contributed by atoms with Crippen LogP contribution in [0.3, 0.4) is 0 Å². The fourth-order valence-corrected chi connectivity index (χ4v) is 3.62. The molecule has 1 aromatic rings. The van der Waals surface area contributed by atoms with Crippen molar-refractivity contribution in [3.05, 3.63) is 23.8 Å². The van der Waals surface area contributed by atoms with Crippen LogP contribution in [-0.4, -0.2) is 22.3 Å². The van der Waals surface area contributed by atoms with Crippen molar-refractivity contribution in [3.63, 3.8) is 0 Å². The molecule has 0 aliphatic carbocycles. The highest BCUT2D eigenvalue weighted by molar-refractivity contribution is 8.16. The van der Waals surface area contributed by atoms with Crippen LogP contribution in [0.15, 0.2) is 28.1 Å². The molecule has 19 heavy (non-hydrogen) atoms. The summed E-state index contributed by atoms with van der Waals surface area (Å²) in [5.74, 6) is 1.87. The molecule has 0 N–H and O–H groups in total. The highest BCUT2D eigenvalue weighted by Gasteiger charge is 2.14. The summed E-state index contributed by atoms with van der Waals surface area (Å²) in [5.41, 5.74) is 1.60. The van der Waals surface area contributed by atoms with Crippen molar-refractivity contribution in [3.8, 4) is 6.07 Å². The van der Waals surface area contributed by atoms with E-state index in [-0.39, 0.29) is 5.78 Å². The van der Waals surface area contributed by atoms with Gasteiger partial charge in [0.2, 0.25) is 0 Å². The Morgan fingerprint density at radius 1 is 1.58 bits per heavy atom. The normalized spacial score (nSPS) is 13.4. The van der Waals surface area contributed by atoms with Gasteiger partial charge in [0.1, 0.15) is 0 Å². The van der Waals surface area contributed by atoms with Crippen LogP contribution in [-0.2, 0) is 0 Å². The molecule has 0 radical (unpaired) electrons. The number of nitrogens with zero attached hydrogens (tertiary/aromatic N) is 2. The largest absolute Gasteiger partial charge is 0.295 e. The van der Waals surface area contributed by atoms with Gasteiger partial charge in [0.05, 0.1) is 16.8 Å². The number of Topliss-reactive ketones (excluding diaryl/α,β-unsaturated/α-hetero) is 1. The lowest BCUT2D eigenvalue weighted by Crippen LogP contribution is -2.03. The smallest absolute Gasteiger partial charge is 0.159 e. The molecule has 0 bridgehead atoms. The zero-order valence-corrected chi connectivity index (χ0v) is 12.3. The number of unbranched alkanes of at least 4 members (excludes halogenated alkanes) is 1. The van der Waals surface area contributed by atoms with E-state index in [1.54, 1.807) is 30.4 Å². The van der Waals surface area contributed by atoms with Crippen LogP contribution in [0, 0.1) is 11.3 Å². The molecule has 0 amide bonds. The fourth-order valence-electron chi connectivity index (χ4n) is 1.67. The van der Waals surface area contributed by atoms with Crippen LogP contribution in [0.5, 0.6) is 0 Å². The maximum Gasteiger partial charge on any atom is 0.159 e. The SMILES string of the molecule is CC(=O)c1ccc2c(c1)N=C(SCCCC#N)CS2. The Labute approximate surface area is 121 Å². The number of hydrogen-bond donors (Lipinski definition) is 0. The van der Waals surface area contributed by atoms with Gasteiger partial charge >= 0.3 is 0 Å². The molecule has 2 rings (SSSR count). The number of aliphatic imine (C=N–C) groups is 1. The first kappa shape index (κ1) is 14.2. The second kappa shape index (κ2) is 6.78. The van der Waals surface area contributed by atoms with E-state index in [1.165, 1.54) is 0 Å². The van der Waals surface area contributed by atoms with Crippen molar-refractivity contribution < 1.29 is 4.79 Å². The second-order valence-corrected chi connectivity index (χ2v) is 6.33. The van der Waals surface area contributed by atoms with Crippen molar-refractivity contribution in [2.75, 3.05) is 11.5 Å². The number of ketones is 1. The fraction of sp³-hybridized carbons (Fsp3) is 0.357. The van der Waals surface area contributed by atoms with Crippen molar-refractivity contribution >= 4 is 40.0 Å². The molecule has 1 aliphatic heterocycles. The van der Waals surface area contributed by atoms with E-state index >= 15 is 0 Å². The number of fused-ring (bicyclic) bond motifs is 1. The zero-order chi connectivity index (χ0) is 13.7. The van der Waals surface area contributed by atoms with Gasteiger partial charge in [0, 0.05) is 28.4 Å². The molecule has 3 nitrogen and oxygen atoms in total. The third-order valence-electron chi connectivity index (χ3n) is 2.66. The van der Waals surface area contributed by atoms with Gasteiger partial charge in [0.15, 0.2) is 5.78 Å². The van der Waals surface area contributed by atoms with E-state index in [9.17, 15) is 4.79 Å². The predicted octanol–water partition coefficient (Wildman–Crippen LogP) is 4.06. The number of benzene rings is 1. The average molecular weight is 290 g/mol. The van der Waals surface area contributed by atoms with Crippen LogP contribution in [0.4, 0.5) is 5.69 Å². The summed E-state index contributed by atoms with van der Waals surface area (Å²) in [6.07, 6.45) is 1.49. The number of carbonyl (C=O) groups excluding carboxylic acids is 1. The molecule has 1 aromatic carbocycles. The Kier molecular flexibility index (Phi) is 5.06. The van der Waals surface area contributed by atoms with E-state index in [2.05, 4.69) is 11.1 Å². The number of thioether (sulfide) groups is 2. The highest BCUT2D eigenvalue weighted by Crippen LogP contribution is 2.36. The Hall–Kier alpha value is -1.25. The summed E-state index contributed by atoms with van der Waals surface area (Å²) in [5, 5.41) is 9.57. The van der Waals surface area contributed by atoms with Gasteiger partial charge in [-0.05, 0) is 25.5 Å². The first-order valence-corrected chi connectivity index (χ1v) is 8.03. The number of hydrogen-bond acceptors (Lipinski definition) is 5. The van der Waals surface area contributed by atoms with E-state index in [0.717, 1.165) is 33.6 Å². The first-order valence-electron chi connectivity index (χ1n) is 6.06. The quantitative estimate of drug-likeness (QED) is 0.620. The first-order chi connectivity index (χ1) is 9.20. The molecular weight excluding hydrogens is 276 g/mol. The van der Waals surface area contributed by atoms with Crippen LogP contribution >= 0.6 is 23.5 Å². The maximum atomic E-state index is 11.4. The lowest BCUT2D eigenvalue weighted by molar-refractivity contribution is 0.101. The summed E-state index contributed by atoms with van der Waals surface area (Å²) in [6.45, 7) is 1.57. The molecule has 0 saturated heterocycles. The van der Waals surface area contributed by atoms with Crippen molar-refractivity contribution in [2.45, 2.75) is 24.7 Å². The van der Waals surface area contributed by atoms with Gasteiger partial charge in [-0.3, -0.25) is 4.79 Å². The molecule has 0 fully saturated rings. The third kappa shape index (κ3) is 3.85. The van der Waals surface area contributed by atoms with Gasteiger partial charge in [-0.1, -0.05) is 6.07 Å².